The number of benzene rings is 1. The van der Waals surface area contributed by atoms with Gasteiger partial charge in [-0.3, -0.25) is 4.79 Å². The SMILES string of the molecule is C[C@H](COc1ccc(Cl)cc1)Nc1ncc(C=O)cc1Cl. The van der Waals surface area contributed by atoms with Crippen LogP contribution in [-0.2, 0) is 0 Å². The molecule has 1 N–H and O–H groups in total. The largest absolute Gasteiger partial charge is 0.491 e. The van der Waals surface area contributed by atoms with E-state index in [-0.39, 0.29) is 6.04 Å². The maximum atomic E-state index is 10.6. The quantitative estimate of drug-likeness (QED) is 0.813. The van der Waals surface area contributed by atoms with Gasteiger partial charge in [0, 0.05) is 16.8 Å². The molecule has 1 aromatic carbocycles. The molecule has 0 spiro atoms. The van der Waals surface area contributed by atoms with Crippen LogP contribution in [0.4, 0.5) is 5.82 Å². The van der Waals surface area contributed by atoms with E-state index < -0.39 is 0 Å². The maximum absolute atomic E-state index is 10.6. The average molecular weight is 325 g/mol. The van der Waals surface area contributed by atoms with E-state index in [1.165, 1.54) is 6.20 Å². The first-order valence-electron chi connectivity index (χ1n) is 6.34. The second-order valence-electron chi connectivity index (χ2n) is 4.53. The van der Waals surface area contributed by atoms with E-state index >= 15 is 0 Å². The third-order valence-corrected chi connectivity index (χ3v) is 3.24. The molecule has 1 aromatic heterocycles. The highest BCUT2D eigenvalue weighted by Gasteiger charge is 2.08. The van der Waals surface area contributed by atoms with Gasteiger partial charge in [-0.25, -0.2) is 4.98 Å². The Morgan fingerprint density at radius 2 is 2.05 bits per heavy atom. The predicted molar refractivity (Wildman–Crippen MR) is 84.7 cm³/mol. The van der Waals surface area contributed by atoms with Gasteiger partial charge in [-0.15, -0.1) is 0 Å². The van der Waals surface area contributed by atoms with Crippen molar-refractivity contribution in [1.82, 2.24) is 4.98 Å². The van der Waals surface area contributed by atoms with Crippen molar-refractivity contribution in [3.63, 3.8) is 0 Å². The highest BCUT2D eigenvalue weighted by Crippen LogP contribution is 2.21. The van der Waals surface area contributed by atoms with Gasteiger partial charge in [0.1, 0.15) is 18.2 Å². The molecule has 0 saturated heterocycles. The van der Waals surface area contributed by atoms with Crippen LogP contribution in [-0.4, -0.2) is 23.9 Å². The van der Waals surface area contributed by atoms with Crippen molar-refractivity contribution >= 4 is 35.3 Å². The fourth-order valence-corrected chi connectivity index (χ4v) is 2.01. The van der Waals surface area contributed by atoms with Crippen LogP contribution in [0.1, 0.15) is 17.3 Å². The zero-order valence-corrected chi connectivity index (χ0v) is 12.9. The summed E-state index contributed by atoms with van der Waals surface area (Å²) in [5, 5.41) is 4.20. The highest BCUT2D eigenvalue weighted by molar-refractivity contribution is 6.33. The first kappa shape index (κ1) is 15.6. The van der Waals surface area contributed by atoms with Crippen LogP contribution in [0.2, 0.25) is 10.0 Å². The van der Waals surface area contributed by atoms with Crippen LogP contribution in [0, 0.1) is 0 Å². The van der Waals surface area contributed by atoms with E-state index in [0.29, 0.717) is 34.3 Å². The summed E-state index contributed by atoms with van der Waals surface area (Å²) >= 11 is 11.9. The third-order valence-electron chi connectivity index (χ3n) is 2.70. The van der Waals surface area contributed by atoms with E-state index in [2.05, 4.69) is 10.3 Å². The molecule has 21 heavy (non-hydrogen) atoms. The summed E-state index contributed by atoms with van der Waals surface area (Å²) in [6.07, 6.45) is 2.17. The van der Waals surface area contributed by atoms with Gasteiger partial charge in [0.2, 0.25) is 0 Å². The Bertz CT molecular complexity index is 618. The van der Waals surface area contributed by atoms with Gasteiger partial charge in [-0.05, 0) is 37.3 Å². The molecular formula is C15H14Cl2N2O2. The lowest BCUT2D eigenvalue weighted by atomic mass is 10.3. The number of anilines is 1. The van der Waals surface area contributed by atoms with E-state index in [1.807, 2.05) is 6.92 Å². The lowest BCUT2D eigenvalue weighted by Crippen LogP contribution is -2.24. The summed E-state index contributed by atoms with van der Waals surface area (Å²) in [4.78, 5) is 14.7. The summed E-state index contributed by atoms with van der Waals surface area (Å²) in [5.41, 5.74) is 0.440. The molecule has 0 amide bonds. The van der Waals surface area contributed by atoms with E-state index in [9.17, 15) is 4.79 Å². The zero-order chi connectivity index (χ0) is 15.2. The van der Waals surface area contributed by atoms with Gasteiger partial charge in [0.15, 0.2) is 6.29 Å². The number of carbonyl (C=O) groups excluding carboxylic acids is 1. The molecule has 1 atom stereocenters. The smallest absolute Gasteiger partial charge is 0.151 e. The molecule has 0 saturated carbocycles. The molecule has 6 heteroatoms. The molecule has 1 heterocycles. The molecule has 110 valence electrons. The molecule has 0 aliphatic rings. The van der Waals surface area contributed by atoms with Crippen LogP contribution >= 0.6 is 23.2 Å². The molecule has 2 aromatic rings. The van der Waals surface area contributed by atoms with E-state index in [1.54, 1.807) is 30.3 Å². The first-order valence-corrected chi connectivity index (χ1v) is 7.09. The molecule has 4 nitrogen and oxygen atoms in total. The number of pyridine rings is 1. The summed E-state index contributed by atoms with van der Waals surface area (Å²) in [7, 11) is 0. The molecule has 0 bridgehead atoms. The molecule has 0 aliphatic carbocycles. The standard InChI is InChI=1S/C15H14Cl2N2O2/c1-10(9-21-13-4-2-12(16)3-5-13)19-15-14(17)6-11(8-20)7-18-15/h2-8,10H,9H2,1H3,(H,18,19)/t10-/m1/s1. The van der Waals surface area contributed by atoms with Gasteiger partial charge in [0.25, 0.3) is 0 Å². The van der Waals surface area contributed by atoms with Crippen LogP contribution < -0.4 is 10.1 Å². The minimum absolute atomic E-state index is 0.00670. The predicted octanol–water partition coefficient (Wildman–Crippen LogP) is 4.08. The van der Waals surface area contributed by atoms with Gasteiger partial charge in [-0.2, -0.15) is 0 Å². The van der Waals surface area contributed by atoms with Gasteiger partial charge in [-0.1, -0.05) is 23.2 Å². The number of halogens is 2. The van der Waals surface area contributed by atoms with Crippen molar-refractivity contribution in [2.75, 3.05) is 11.9 Å². The Kier molecular flexibility index (Phi) is 5.42. The monoisotopic (exact) mass is 324 g/mol. The number of aromatic nitrogens is 1. The Morgan fingerprint density at radius 1 is 1.33 bits per heavy atom. The number of carbonyl (C=O) groups is 1. The van der Waals surface area contributed by atoms with E-state index in [0.717, 1.165) is 5.75 Å². The number of ether oxygens (including phenoxy) is 1. The maximum Gasteiger partial charge on any atom is 0.151 e. The van der Waals surface area contributed by atoms with Gasteiger partial charge in [0.05, 0.1) is 11.1 Å². The normalized spacial score (nSPS) is 11.8. The summed E-state index contributed by atoms with van der Waals surface area (Å²) < 4.78 is 5.63. The van der Waals surface area contributed by atoms with Gasteiger partial charge < -0.3 is 10.1 Å². The highest BCUT2D eigenvalue weighted by atomic mass is 35.5. The summed E-state index contributed by atoms with van der Waals surface area (Å²) in [6, 6.07) is 8.71. The third kappa shape index (κ3) is 4.62. The van der Waals surface area contributed by atoms with Crippen LogP contribution in [0.3, 0.4) is 0 Å². The van der Waals surface area contributed by atoms with Crippen LogP contribution in [0.25, 0.3) is 0 Å². The Labute approximate surface area is 133 Å². The lowest BCUT2D eigenvalue weighted by molar-refractivity contribution is 0.112. The Hall–Kier alpha value is -1.78. The Morgan fingerprint density at radius 3 is 2.67 bits per heavy atom. The average Bonchev–Trinajstić information content (AvgIpc) is 2.48. The molecule has 0 fully saturated rings. The fourth-order valence-electron chi connectivity index (χ4n) is 1.65. The summed E-state index contributed by atoms with van der Waals surface area (Å²) in [6.45, 7) is 2.39. The number of hydrogen-bond acceptors (Lipinski definition) is 4. The summed E-state index contributed by atoms with van der Waals surface area (Å²) in [5.74, 6) is 1.26. The van der Waals surface area contributed by atoms with E-state index in [4.69, 9.17) is 27.9 Å². The second kappa shape index (κ2) is 7.29. The zero-order valence-electron chi connectivity index (χ0n) is 11.3. The van der Waals surface area contributed by atoms with Gasteiger partial charge >= 0.3 is 0 Å². The Balaban J connectivity index is 1.91. The van der Waals surface area contributed by atoms with Crippen LogP contribution in [0.15, 0.2) is 36.5 Å². The van der Waals surface area contributed by atoms with Crippen molar-refractivity contribution in [3.8, 4) is 5.75 Å². The number of rotatable bonds is 6. The van der Waals surface area contributed by atoms with Crippen molar-refractivity contribution in [2.24, 2.45) is 0 Å². The fraction of sp³-hybridized carbons (Fsp3) is 0.200. The molecule has 0 radical (unpaired) electrons. The molecule has 2 rings (SSSR count). The van der Waals surface area contributed by atoms with Crippen molar-refractivity contribution in [1.29, 1.82) is 0 Å². The van der Waals surface area contributed by atoms with Crippen LogP contribution in [0.5, 0.6) is 5.75 Å². The topological polar surface area (TPSA) is 51.2 Å². The molecule has 0 unspecified atom stereocenters. The lowest BCUT2D eigenvalue weighted by Gasteiger charge is -2.16. The number of nitrogens with zero attached hydrogens (tertiary/aromatic N) is 1. The molecule has 0 aliphatic heterocycles. The minimum atomic E-state index is -0.00670. The number of aldehydes is 1. The van der Waals surface area contributed by atoms with Crippen molar-refractivity contribution in [3.05, 3.63) is 52.1 Å². The number of hydrogen-bond donors (Lipinski definition) is 1. The first-order chi connectivity index (χ1) is 10.1. The number of nitrogens with one attached hydrogen (secondary N) is 1. The van der Waals surface area contributed by atoms with Crippen molar-refractivity contribution in [2.45, 2.75) is 13.0 Å². The minimum Gasteiger partial charge on any atom is -0.491 e. The van der Waals surface area contributed by atoms with Crippen molar-refractivity contribution < 1.29 is 9.53 Å². The second-order valence-corrected chi connectivity index (χ2v) is 5.37. The molecular weight excluding hydrogens is 311 g/mol.